The Balaban J connectivity index is 1.81. The average Bonchev–Trinajstić information content (AvgIpc) is 3.23. The molecule has 4 nitrogen and oxygen atoms in total. The number of hydrogen-bond acceptors (Lipinski definition) is 2. The third kappa shape index (κ3) is 5.66. The molecule has 3 rings (SSSR count). The van der Waals surface area contributed by atoms with Crippen LogP contribution in [0.4, 0.5) is 4.39 Å². The molecule has 1 saturated carbocycles. The molecule has 154 valence electrons. The lowest BCUT2D eigenvalue weighted by Gasteiger charge is -2.31. The third-order valence-corrected chi connectivity index (χ3v) is 5.58. The first-order chi connectivity index (χ1) is 14.1. The first-order valence-corrected chi connectivity index (χ1v) is 10.5. The van der Waals surface area contributed by atoms with Gasteiger partial charge in [-0.15, -0.1) is 0 Å². The van der Waals surface area contributed by atoms with Gasteiger partial charge >= 0.3 is 0 Å². The summed E-state index contributed by atoms with van der Waals surface area (Å²) in [5.41, 5.74) is 1.29. The highest BCUT2D eigenvalue weighted by Crippen LogP contribution is 2.20. The largest absolute Gasteiger partial charge is 0.352 e. The third-order valence-electron chi connectivity index (χ3n) is 5.58. The van der Waals surface area contributed by atoms with Crippen LogP contribution in [0.2, 0.25) is 0 Å². The Kier molecular flexibility index (Phi) is 7.39. The molecule has 0 bridgehead atoms. The summed E-state index contributed by atoms with van der Waals surface area (Å²) >= 11 is 0. The van der Waals surface area contributed by atoms with E-state index in [9.17, 15) is 14.0 Å². The van der Waals surface area contributed by atoms with Gasteiger partial charge in [0.25, 0.3) is 0 Å². The van der Waals surface area contributed by atoms with E-state index in [1.165, 1.54) is 6.07 Å². The summed E-state index contributed by atoms with van der Waals surface area (Å²) in [7, 11) is 0. The summed E-state index contributed by atoms with van der Waals surface area (Å²) in [6.45, 7) is 2.23. The van der Waals surface area contributed by atoms with Crippen molar-refractivity contribution < 1.29 is 14.0 Å². The summed E-state index contributed by atoms with van der Waals surface area (Å²) in [6, 6.07) is 15.5. The maximum absolute atomic E-state index is 14.1. The van der Waals surface area contributed by atoms with Crippen LogP contribution in [0, 0.1) is 5.82 Å². The summed E-state index contributed by atoms with van der Waals surface area (Å²) in [4.78, 5) is 27.8. The van der Waals surface area contributed by atoms with Gasteiger partial charge < -0.3 is 10.2 Å². The molecule has 1 fully saturated rings. The van der Waals surface area contributed by atoms with Crippen molar-refractivity contribution in [3.05, 3.63) is 71.5 Å². The molecule has 29 heavy (non-hydrogen) atoms. The predicted molar refractivity (Wildman–Crippen MR) is 112 cm³/mol. The minimum absolute atomic E-state index is 0.0628. The van der Waals surface area contributed by atoms with E-state index in [2.05, 4.69) is 5.32 Å². The number of amides is 2. The molecule has 5 heteroatoms. The lowest BCUT2D eigenvalue weighted by atomic mass is 10.1. The maximum atomic E-state index is 14.1. The first kappa shape index (κ1) is 21.0. The smallest absolute Gasteiger partial charge is 0.243 e. The van der Waals surface area contributed by atoms with E-state index in [1.807, 2.05) is 37.3 Å². The quantitative estimate of drug-likeness (QED) is 0.726. The number of halogens is 1. The van der Waals surface area contributed by atoms with E-state index < -0.39 is 11.9 Å². The Morgan fingerprint density at radius 1 is 1.07 bits per heavy atom. The summed E-state index contributed by atoms with van der Waals surface area (Å²) in [6.07, 6.45) is 4.68. The van der Waals surface area contributed by atoms with Gasteiger partial charge in [0.15, 0.2) is 0 Å². The molecule has 1 atom stereocenters. The van der Waals surface area contributed by atoms with Gasteiger partial charge in [0.05, 0.1) is 6.42 Å². The topological polar surface area (TPSA) is 49.4 Å². The maximum Gasteiger partial charge on any atom is 0.243 e. The van der Waals surface area contributed by atoms with Crippen molar-refractivity contribution in [1.29, 1.82) is 0 Å². The molecule has 0 spiro atoms. The van der Waals surface area contributed by atoms with Crippen LogP contribution >= 0.6 is 0 Å². The highest BCUT2D eigenvalue weighted by molar-refractivity contribution is 5.88. The Morgan fingerprint density at radius 2 is 1.72 bits per heavy atom. The number of carbonyl (C=O) groups excluding carboxylic acids is 2. The highest BCUT2D eigenvalue weighted by atomic mass is 19.1. The Morgan fingerprint density at radius 3 is 2.38 bits per heavy atom. The van der Waals surface area contributed by atoms with Crippen molar-refractivity contribution in [3.63, 3.8) is 0 Å². The fourth-order valence-corrected chi connectivity index (χ4v) is 3.97. The van der Waals surface area contributed by atoms with Crippen molar-refractivity contribution in [2.45, 2.75) is 64.1 Å². The van der Waals surface area contributed by atoms with E-state index in [-0.39, 0.29) is 24.3 Å². The van der Waals surface area contributed by atoms with E-state index in [1.54, 1.807) is 23.1 Å². The van der Waals surface area contributed by atoms with E-state index in [0.717, 1.165) is 31.2 Å². The fraction of sp³-hybridized carbons (Fsp3) is 0.417. The average molecular weight is 397 g/mol. The molecular formula is C24H29FN2O2. The molecule has 2 aromatic rings. The van der Waals surface area contributed by atoms with Gasteiger partial charge in [-0.3, -0.25) is 9.59 Å². The molecule has 1 aliphatic rings. The predicted octanol–water partition coefficient (Wildman–Crippen LogP) is 4.23. The molecule has 1 aliphatic carbocycles. The van der Waals surface area contributed by atoms with Crippen LogP contribution in [0.1, 0.15) is 50.2 Å². The van der Waals surface area contributed by atoms with Crippen molar-refractivity contribution in [2.75, 3.05) is 0 Å². The van der Waals surface area contributed by atoms with Crippen LogP contribution in [-0.4, -0.2) is 28.8 Å². The van der Waals surface area contributed by atoms with Crippen LogP contribution < -0.4 is 5.32 Å². The van der Waals surface area contributed by atoms with E-state index in [4.69, 9.17) is 0 Å². The van der Waals surface area contributed by atoms with Gasteiger partial charge in [-0.05, 0) is 36.5 Å². The fourth-order valence-electron chi connectivity index (χ4n) is 3.97. The molecule has 0 aromatic heterocycles. The normalized spacial score (nSPS) is 15.1. The van der Waals surface area contributed by atoms with Gasteiger partial charge in [0.1, 0.15) is 11.9 Å². The second kappa shape index (κ2) is 10.2. The molecular weight excluding hydrogens is 367 g/mol. The van der Waals surface area contributed by atoms with Crippen LogP contribution in [0.3, 0.4) is 0 Å². The number of rotatable bonds is 8. The van der Waals surface area contributed by atoms with Gasteiger partial charge in [-0.1, -0.05) is 68.3 Å². The molecule has 1 N–H and O–H groups in total. The number of nitrogens with one attached hydrogen (secondary N) is 1. The zero-order chi connectivity index (χ0) is 20.6. The van der Waals surface area contributed by atoms with Crippen LogP contribution in [0.5, 0.6) is 0 Å². The molecule has 2 aromatic carbocycles. The first-order valence-electron chi connectivity index (χ1n) is 10.5. The number of hydrogen-bond donors (Lipinski definition) is 1. The SMILES string of the molecule is CC[C@@H](C(=O)NC1CCCC1)N(Cc1ccccc1)C(=O)Cc1ccccc1F. The minimum atomic E-state index is -0.574. The number of carbonyl (C=O) groups is 2. The van der Waals surface area contributed by atoms with Crippen LogP contribution in [0.25, 0.3) is 0 Å². The van der Waals surface area contributed by atoms with Crippen molar-refractivity contribution in [3.8, 4) is 0 Å². The second-order valence-electron chi connectivity index (χ2n) is 7.69. The van der Waals surface area contributed by atoms with Crippen LogP contribution in [0.15, 0.2) is 54.6 Å². The monoisotopic (exact) mass is 396 g/mol. The number of benzene rings is 2. The highest BCUT2D eigenvalue weighted by Gasteiger charge is 2.30. The van der Waals surface area contributed by atoms with Gasteiger partial charge in [0, 0.05) is 12.6 Å². The van der Waals surface area contributed by atoms with Gasteiger partial charge in [-0.25, -0.2) is 4.39 Å². The summed E-state index contributed by atoms with van der Waals surface area (Å²) in [5.74, 6) is -0.756. The Bertz CT molecular complexity index is 819. The lowest BCUT2D eigenvalue weighted by molar-refractivity contribution is -0.141. The van der Waals surface area contributed by atoms with Crippen molar-refractivity contribution in [1.82, 2.24) is 10.2 Å². The van der Waals surface area contributed by atoms with Crippen molar-refractivity contribution >= 4 is 11.8 Å². The molecule has 0 unspecified atom stereocenters. The second-order valence-corrected chi connectivity index (χ2v) is 7.69. The number of nitrogens with zero attached hydrogens (tertiary/aromatic N) is 1. The minimum Gasteiger partial charge on any atom is -0.352 e. The molecule has 0 heterocycles. The lowest BCUT2D eigenvalue weighted by Crippen LogP contribution is -2.51. The Hall–Kier alpha value is -2.69. The van der Waals surface area contributed by atoms with Crippen molar-refractivity contribution in [2.24, 2.45) is 0 Å². The van der Waals surface area contributed by atoms with E-state index in [0.29, 0.717) is 18.5 Å². The van der Waals surface area contributed by atoms with Crippen LogP contribution in [-0.2, 0) is 22.6 Å². The standard InChI is InChI=1S/C24H29FN2O2/c1-2-22(24(29)26-20-13-7-8-14-20)27(17-18-10-4-3-5-11-18)23(28)16-19-12-6-9-15-21(19)25/h3-6,9-12,15,20,22H,2,7-8,13-14,16-17H2,1H3,(H,26,29)/t22-/m0/s1. The zero-order valence-corrected chi connectivity index (χ0v) is 16.9. The van der Waals surface area contributed by atoms with Gasteiger partial charge in [-0.2, -0.15) is 0 Å². The summed E-state index contributed by atoms with van der Waals surface area (Å²) in [5, 5.41) is 3.12. The molecule has 0 saturated heterocycles. The molecule has 0 aliphatic heterocycles. The molecule has 0 radical (unpaired) electrons. The summed E-state index contributed by atoms with van der Waals surface area (Å²) < 4.78 is 14.1. The molecule has 2 amide bonds. The van der Waals surface area contributed by atoms with Gasteiger partial charge in [0.2, 0.25) is 11.8 Å². The Labute approximate surface area is 172 Å². The zero-order valence-electron chi connectivity index (χ0n) is 16.9. The van der Waals surface area contributed by atoms with E-state index >= 15 is 0 Å².